The van der Waals surface area contributed by atoms with Crippen molar-refractivity contribution in [1.82, 2.24) is 10.6 Å². The normalized spacial score (nSPS) is 14.5. The molecule has 1 saturated heterocycles. The van der Waals surface area contributed by atoms with E-state index in [1.807, 2.05) is 6.92 Å². The molecule has 0 aromatic carbocycles. The minimum Gasteiger partial charge on any atom is -0.396 e. The molecule has 1 heterocycles. The van der Waals surface area contributed by atoms with Crippen molar-refractivity contribution in [2.75, 3.05) is 37.7 Å². The van der Waals surface area contributed by atoms with Crippen LogP contribution in [0.25, 0.3) is 0 Å². The van der Waals surface area contributed by atoms with Crippen molar-refractivity contribution in [3.8, 4) is 0 Å². The molecule has 16 heavy (non-hydrogen) atoms. The van der Waals surface area contributed by atoms with E-state index in [9.17, 15) is 4.79 Å². The van der Waals surface area contributed by atoms with E-state index >= 15 is 0 Å². The number of hydrogen-bond acceptors (Lipinski definition) is 4. The minimum absolute atomic E-state index is 0.0549. The predicted octanol–water partition coefficient (Wildman–Crippen LogP) is 0.138. The van der Waals surface area contributed by atoms with E-state index in [0.717, 1.165) is 36.6 Å². The topological polar surface area (TPSA) is 61.4 Å². The summed E-state index contributed by atoms with van der Waals surface area (Å²) < 4.78 is 0. The number of amides is 1. The van der Waals surface area contributed by atoms with Gasteiger partial charge in [-0.3, -0.25) is 4.79 Å². The smallest absolute Gasteiger partial charge is 0.246 e. The Morgan fingerprint density at radius 1 is 1.50 bits per heavy atom. The average Bonchev–Trinajstić information content (AvgIpc) is 2.20. The zero-order chi connectivity index (χ0) is 11.8. The van der Waals surface area contributed by atoms with E-state index in [2.05, 4.69) is 10.6 Å². The number of aliphatic hydroxyl groups is 1. The summed E-state index contributed by atoms with van der Waals surface area (Å²) in [4.78, 5) is 11.6. The molecule has 0 saturated carbocycles. The Balaban J connectivity index is 2.06. The molecule has 1 rings (SSSR count). The second-order valence-corrected chi connectivity index (χ2v) is 5.00. The summed E-state index contributed by atoms with van der Waals surface area (Å²) >= 11 is 1.76. The van der Waals surface area contributed by atoms with Gasteiger partial charge >= 0.3 is 0 Å². The van der Waals surface area contributed by atoms with Crippen molar-refractivity contribution in [2.24, 2.45) is 0 Å². The molecule has 4 nitrogen and oxygen atoms in total. The van der Waals surface area contributed by atoms with E-state index in [-0.39, 0.29) is 12.5 Å². The molecule has 0 radical (unpaired) electrons. The Kier molecular flexibility index (Phi) is 6.52. The van der Waals surface area contributed by atoms with Crippen LogP contribution in [0, 0.1) is 0 Å². The van der Waals surface area contributed by atoms with Gasteiger partial charge in [0.1, 0.15) is 0 Å². The number of carbonyl (C=O) groups excluding carboxylic acids is 1. The zero-order valence-electron chi connectivity index (χ0n) is 9.71. The first kappa shape index (κ1) is 13.5. The van der Waals surface area contributed by atoms with Gasteiger partial charge in [-0.15, -0.1) is 0 Å². The molecule has 5 heteroatoms. The first-order valence-corrected chi connectivity index (χ1v) is 6.77. The van der Waals surface area contributed by atoms with Crippen LogP contribution in [0.4, 0.5) is 0 Å². The lowest BCUT2D eigenvalue weighted by atomic mass is 10.0. The lowest BCUT2D eigenvalue weighted by Gasteiger charge is -2.21. The Bertz CT molecular complexity index is 261. The van der Waals surface area contributed by atoms with Gasteiger partial charge < -0.3 is 15.7 Å². The fourth-order valence-corrected chi connectivity index (χ4v) is 2.10. The van der Waals surface area contributed by atoms with Gasteiger partial charge in [-0.1, -0.05) is 0 Å². The van der Waals surface area contributed by atoms with E-state index in [1.54, 1.807) is 11.8 Å². The standard InChI is InChI=1S/C11H20N2O2S/c1-9(10-7-12-8-10)11(15)13-3-6-16-5-2-4-14/h12,14H,2-8H2,1H3,(H,13,15). The molecule has 1 fully saturated rings. The third-order valence-electron chi connectivity index (χ3n) is 2.53. The molecule has 0 aromatic rings. The van der Waals surface area contributed by atoms with Crippen molar-refractivity contribution in [1.29, 1.82) is 0 Å². The first-order valence-electron chi connectivity index (χ1n) is 5.62. The summed E-state index contributed by atoms with van der Waals surface area (Å²) in [5, 5.41) is 14.6. The van der Waals surface area contributed by atoms with Crippen LogP contribution in [-0.4, -0.2) is 48.8 Å². The van der Waals surface area contributed by atoms with Gasteiger partial charge in [0, 0.05) is 37.6 Å². The summed E-state index contributed by atoms with van der Waals surface area (Å²) in [7, 11) is 0. The van der Waals surface area contributed by atoms with Gasteiger partial charge in [-0.2, -0.15) is 11.8 Å². The number of carbonyl (C=O) groups is 1. The third-order valence-corrected chi connectivity index (χ3v) is 3.60. The van der Waals surface area contributed by atoms with E-state index in [4.69, 9.17) is 5.11 Å². The fraction of sp³-hybridized carbons (Fsp3) is 0.727. The van der Waals surface area contributed by atoms with Crippen LogP contribution in [0.15, 0.2) is 11.1 Å². The largest absolute Gasteiger partial charge is 0.396 e. The molecule has 0 unspecified atom stereocenters. The molecule has 1 amide bonds. The van der Waals surface area contributed by atoms with E-state index in [0.29, 0.717) is 6.54 Å². The lowest BCUT2D eigenvalue weighted by Crippen LogP contribution is -2.38. The predicted molar refractivity (Wildman–Crippen MR) is 67.6 cm³/mol. The highest BCUT2D eigenvalue weighted by Crippen LogP contribution is 2.08. The Hall–Kier alpha value is -0.520. The van der Waals surface area contributed by atoms with Gasteiger partial charge in [0.2, 0.25) is 5.91 Å². The van der Waals surface area contributed by atoms with Crippen LogP contribution in [0.1, 0.15) is 13.3 Å². The van der Waals surface area contributed by atoms with E-state index in [1.165, 1.54) is 5.57 Å². The van der Waals surface area contributed by atoms with Crippen LogP contribution < -0.4 is 10.6 Å². The maximum Gasteiger partial charge on any atom is 0.246 e. The van der Waals surface area contributed by atoms with Gasteiger partial charge in [0.15, 0.2) is 0 Å². The molecule has 0 aromatic heterocycles. The summed E-state index contributed by atoms with van der Waals surface area (Å²) in [5.74, 6) is 1.92. The highest BCUT2D eigenvalue weighted by Gasteiger charge is 2.15. The maximum absolute atomic E-state index is 11.6. The fourth-order valence-electron chi connectivity index (χ4n) is 1.31. The monoisotopic (exact) mass is 244 g/mol. The summed E-state index contributed by atoms with van der Waals surface area (Å²) in [5.41, 5.74) is 2.07. The SMILES string of the molecule is CC(C(=O)NCCSCCCO)=C1CNC1. The van der Waals surface area contributed by atoms with Crippen LogP contribution in [0.3, 0.4) is 0 Å². The minimum atomic E-state index is 0.0549. The molecule has 92 valence electrons. The Labute approximate surface area is 101 Å². The quantitative estimate of drug-likeness (QED) is 0.440. The van der Waals surface area contributed by atoms with E-state index < -0.39 is 0 Å². The lowest BCUT2D eigenvalue weighted by molar-refractivity contribution is -0.117. The molecule has 0 atom stereocenters. The number of aliphatic hydroxyl groups excluding tert-OH is 1. The molecule has 0 spiro atoms. The molecule has 0 aliphatic carbocycles. The number of hydrogen-bond donors (Lipinski definition) is 3. The molecule has 1 aliphatic heterocycles. The summed E-state index contributed by atoms with van der Waals surface area (Å²) in [6, 6.07) is 0. The second kappa shape index (κ2) is 7.70. The molecule has 0 bridgehead atoms. The van der Waals surface area contributed by atoms with Crippen LogP contribution in [-0.2, 0) is 4.79 Å². The van der Waals surface area contributed by atoms with Crippen molar-refractivity contribution in [3.05, 3.63) is 11.1 Å². The highest BCUT2D eigenvalue weighted by atomic mass is 32.2. The van der Waals surface area contributed by atoms with Gasteiger partial charge in [-0.05, 0) is 24.7 Å². The zero-order valence-corrected chi connectivity index (χ0v) is 10.5. The molecule has 1 aliphatic rings. The van der Waals surface area contributed by atoms with Gasteiger partial charge in [0.05, 0.1) is 0 Å². The van der Waals surface area contributed by atoms with Crippen LogP contribution in [0.2, 0.25) is 0 Å². The third kappa shape index (κ3) is 4.55. The van der Waals surface area contributed by atoms with Crippen LogP contribution in [0.5, 0.6) is 0 Å². The summed E-state index contributed by atoms with van der Waals surface area (Å²) in [6.07, 6.45) is 0.827. The molecular formula is C11H20N2O2S. The highest BCUT2D eigenvalue weighted by molar-refractivity contribution is 7.99. The summed E-state index contributed by atoms with van der Waals surface area (Å²) in [6.45, 7) is 4.53. The maximum atomic E-state index is 11.6. The van der Waals surface area contributed by atoms with Crippen molar-refractivity contribution < 1.29 is 9.90 Å². The van der Waals surface area contributed by atoms with Crippen molar-refractivity contribution in [2.45, 2.75) is 13.3 Å². The molecular weight excluding hydrogens is 224 g/mol. The first-order chi connectivity index (χ1) is 7.75. The Morgan fingerprint density at radius 2 is 2.25 bits per heavy atom. The van der Waals surface area contributed by atoms with Crippen molar-refractivity contribution >= 4 is 17.7 Å². The Morgan fingerprint density at radius 3 is 2.81 bits per heavy atom. The number of rotatable bonds is 7. The van der Waals surface area contributed by atoms with Gasteiger partial charge in [0.25, 0.3) is 0 Å². The van der Waals surface area contributed by atoms with Crippen molar-refractivity contribution in [3.63, 3.8) is 0 Å². The second-order valence-electron chi connectivity index (χ2n) is 3.78. The number of thioether (sulfide) groups is 1. The average molecular weight is 244 g/mol. The number of nitrogens with one attached hydrogen (secondary N) is 2. The van der Waals surface area contributed by atoms with Gasteiger partial charge in [-0.25, -0.2) is 0 Å². The molecule has 3 N–H and O–H groups in total. The van der Waals surface area contributed by atoms with Crippen LogP contribution >= 0.6 is 11.8 Å².